The molecule has 0 saturated heterocycles. The summed E-state index contributed by atoms with van der Waals surface area (Å²) < 4.78 is 5.82. The van der Waals surface area contributed by atoms with Gasteiger partial charge < -0.3 is 14.7 Å². The van der Waals surface area contributed by atoms with Gasteiger partial charge in [0.25, 0.3) is 0 Å². The number of benzene rings is 1. The Kier molecular flexibility index (Phi) is 4.80. The maximum atomic E-state index is 11.3. The Morgan fingerprint density at radius 3 is 2.86 bits per heavy atom. The van der Waals surface area contributed by atoms with Gasteiger partial charge >= 0.3 is 5.97 Å². The quantitative estimate of drug-likeness (QED) is 0.897. The molecule has 0 atom stereocenters. The smallest absolute Gasteiger partial charge is 0.339 e. The van der Waals surface area contributed by atoms with Crippen molar-refractivity contribution in [2.75, 3.05) is 19.1 Å². The van der Waals surface area contributed by atoms with Crippen LogP contribution in [0.25, 0.3) is 0 Å². The first kappa shape index (κ1) is 15.3. The van der Waals surface area contributed by atoms with Crippen molar-refractivity contribution in [1.29, 1.82) is 0 Å². The van der Waals surface area contributed by atoms with E-state index in [9.17, 15) is 9.90 Å². The minimum atomic E-state index is -1.00. The summed E-state index contributed by atoms with van der Waals surface area (Å²) >= 11 is 3.24. The van der Waals surface area contributed by atoms with Gasteiger partial charge in [0.2, 0.25) is 0 Å². The first-order valence-electron chi connectivity index (χ1n) is 6.24. The highest BCUT2D eigenvalue weighted by Crippen LogP contribution is 2.23. The van der Waals surface area contributed by atoms with E-state index >= 15 is 0 Å². The molecule has 1 heterocycles. The molecule has 1 N–H and O–H groups in total. The van der Waals surface area contributed by atoms with E-state index in [1.807, 2.05) is 31.3 Å². The number of carbonyl (C=O) groups is 1. The normalized spacial score (nSPS) is 10.2. The van der Waals surface area contributed by atoms with Crippen LogP contribution in [-0.4, -0.2) is 30.2 Å². The molecule has 2 aromatic rings. The number of hydrogen-bond donors (Lipinski definition) is 1. The lowest BCUT2D eigenvalue weighted by atomic mass is 10.2. The molecular weight excluding hydrogens is 336 g/mol. The van der Waals surface area contributed by atoms with E-state index in [1.165, 1.54) is 0 Å². The summed E-state index contributed by atoms with van der Waals surface area (Å²) in [6, 6.07) is 9.18. The van der Waals surface area contributed by atoms with Crippen LogP contribution in [0.2, 0.25) is 0 Å². The van der Waals surface area contributed by atoms with E-state index in [4.69, 9.17) is 4.74 Å². The Bertz CT molecular complexity index is 661. The molecule has 110 valence electrons. The zero-order valence-electron chi connectivity index (χ0n) is 11.7. The standard InChI is InChI=1S/C15H15BrN2O3/c1-18(9-10-4-3-5-12(6-10)21-2)14-13(15(19)20)7-11(16)8-17-14/h3-8H,9H2,1-2H3,(H,19,20). The molecule has 5 nitrogen and oxygen atoms in total. The number of methoxy groups -OCH3 is 1. The second-order valence-electron chi connectivity index (χ2n) is 4.54. The molecule has 1 aromatic heterocycles. The Labute approximate surface area is 131 Å². The van der Waals surface area contributed by atoms with Crippen LogP contribution >= 0.6 is 15.9 Å². The summed E-state index contributed by atoms with van der Waals surface area (Å²) in [7, 11) is 3.42. The van der Waals surface area contributed by atoms with Crippen LogP contribution in [0.15, 0.2) is 41.0 Å². The number of rotatable bonds is 5. The van der Waals surface area contributed by atoms with Crippen LogP contribution in [0.1, 0.15) is 15.9 Å². The van der Waals surface area contributed by atoms with Crippen LogP contribution in [0.3, 0.4) is 0 Å². The molecule has 0 fully saturated rings. The highest BCUT2D eigenvalue weighted by molar-refractivity contribution is 9.10. The number of nitrogens with zero attached hydrogens (tertiary/aromatic N) is 2. The van der Waals surface area contributed by atoms with Crippen LogP contribution < -0.4 is 9.64 Å². The fourth-order valence-electron chi connectivity index (χ4n) is 2.01. The van der Waals surface area contributed by atoms with Gasteiger partial charge in [-0.15, -0.1) is 0 Å². The van der Waals surface area contributed by atoms with Crippen LogP contribution in [0.4, 0.5) is 5.82 Å². The minimum absolute atomic E-state index is 0.162. The molecule has 0 amide bonds. The van der Waals surface area contributed by atoms with E-state index in [2.05, 4.69) is 20.9 Å². The van der Waals surface area contributed by atoms with Gasteiger partial charge in [0.1, 0.15) is 17.1 Å². The zero-order valence-corrected chi connectivity index (χ0v) is 13.3. The molecule has 0 saturated carbocycles. The SMILES string of the molecule is COc1cccc(CN(C)c2ncc(Br)cc2C(=O)O)c1. The molecule has 21 heavy (non-hydrogen) atoms. The van der Waals surface area contributed by atoms with Crippen molar-refractivity contribution in [2.24, 2.45) is 0 Å². The van der Waals surface area contributed by atoms with Crippen molar-refractivity contribution in [3.8, 4) is 5.75 Å². The van der Waals surface area contributed by atoms with Crippen molar-refractivity contribution in [3.63, 3.8) is 0 Å². The second kappa shape index (κ2) is 6.58. The molecule has 0 aliphatic rings. The Hall–Kier alpha value is -2.08. The first-order valence-corrected chi connectivity index (χ1v) is 7.03. The molecule has 6 heteroatoms. The van der Waals surface area contributed by atoms with Gasteiger partial charge in [0.05, 0.1) is 7.11 Å². The molecule has 1 aromatic carbocycles. The van der Waals surface area contributed by atoms with Gasteiger partial charge in [-0.25, -0.2) is 9.78 Å². The number of ether oxygens (including phenoxy) is 1. The second-order valence-corrected chi connectivity index (χ2v) is 5.45. The number of carboxylic acid groups (broad SMARTS) is 1. The number of anilines is 1. The number of carboxylic acids is 1. The number of halogens is 1. The van der Waals surface area contributed by atoms with Crippen molar-refractivity contribution < 1.29 is 14.6 Å². The fraction of sp³-hybridized carbons (Fsp3) is 0.200. The van der Waals surface area contributed by atoms with Crippen LogP contribution in [0, 0.1) is 0 Å². The molecule has 0 aliphatic carbocycles. The molecule has 0 spiro atoms. The maximum absolute atomic E-state index is 11.3. The van der Waals surface area contributed by atoms with Crippen molar-refractivity contribution >= 4 is 27.7 Å². The summed E-state index contributed by atoms with van der Waals surface area (Å²) in [5, 5.41) is 9.28. The summed E-state index contributed by atoms with van der Waals surface area (Å²) in [6.45, 7) is 0.534. The summed E-state index contributed by atoms with van der Waals surface area (Å²) in [5.74, 6) is 0.188. The Morgan fingerprint density at radius 2 is 2.19 bits per heavy atom. The maximum Gasteiger partial charge on any atom is 0.339 e. The third kappa shape index (κ3) is 3.72. The van der Waals surface area contributed by atoms with Crippen LogP contribution in [0.5, 0.6) is 5.75 Å². The van der Waals surface area contributed by atoms with E-state index in [1.54, 1.807) is 24.3 Å². The largest absolute Gasteiger partial charge is 0.497 e. The average molecular weight is 351 g/mol. The molecule has 0 radical (unpaired) electrons. The highest BCUT2D eigenvalue weighted by Gasteiger charge is 2.16. The fourth-order valence-corrected chi connectivity index (χ4v) is 2.34. The van der Waals surface area contributed by atoms with E-state index in [0.29, 0.717) is 16.8 Å². The van der Waals surface area contributed by atoms with Crippen LogP contribution in [-0.2, 0) is 6.54 Å². The average Bonchev–Trinajstić information content (AvgIpc) is 2.47. The molecular formula is C15H15BrN2O3. The van der Waals surface area contributed by atoms with Crippen molar-refractivity contribution in [1.82, 2.24) is 4.98 Å². The summed E-state index contributed by atoms with van der Waals surface area (Å²) in [5.41, 5.74) is 1.17. The number of hydrogen-bond acceptors (Lipinski definition) is 4. The third-order valence-electron chi connectivity index (χ3n) is 2.98. The predicted octanol–water partition coefficient (Wildman–Crippen LogP) is 3.19. The zero-order chi connectivity index (χ0) is 15.4. The van der Waals surface area contributed by atoms with E-state index < -0.39 is 5.97 Å². The molecule has 2 rings (SSSR count). The van der Waals surface area contributed by atoms with Gasteiger partial charge in [0.15, 0.2) is 0 Å². The lowest BCUT2D eigenvalue weighted by Crippen LogP contribution is -2.20. The van der Waals surface area contributed by atoms with Gasteiger partial charge in [-0.05, 0) is 39.7 Å². The van der Waals surface area contributed by atoms with Gasteiger partial charge in [0, 0.05) is 24.3 Å². The Balaban J connectivity index is 2.27. The number of pyridine rings is 1. The minimum Gasteiger partial charge on any atom is -0.497 e. The van der Waals surface area contributed by atoms with Crippen molar-refractivity contribution in [2.45, 2.75) is 6.54 Å². The number of aromatic nitrogens is 1. The van der Waals surface area contributed by atoms with Gasteiger partial charge in [-0.2, -0.15) is 0 Å². The first-order chi connectivity index (χ1) is 10.0. The van der Waals surface area contributed by atoms with Gasteiger partial charge in [-0.3, -0.25) is 0 Å². The number of aromatic carboxylic acids is 1. The Morgan fingerprint density at radius 1 is 1.43 bits per heavy atom. The lowest BCUT2D eigenvalue weighted by Gasteiger charge is -2.20. The topological polar surface area (TPSA) is 62.7 Å². The third-order valence-corrected chi connectivity index (χ3v) is 3.41. The highest BCUT2D eigenvalue weighted by atomic mass is 79.9. The van der Waals surface area contributed by atoms with E-state index in [0.717, 1.165) is 11.3 Å². The van der Waals surface area contributed by atoms with Crippen molar-refractivity contribution in [3.05, 3.63) is 52.1 Å². The summed E-state index contributed by atoms with van der Waals surface area (Å²) in [6.07, 6.45) is 1.59. The van der Waals surface area contributed by atoms with Gasteiger partial charge in [-0.1, -0.05) is 12.1 Å². The predicted molar refractivity (Wildman–Crippen MR) is 84.0 cm³/mol. The monoisotopic (exact) mass is 350 g/mol. The molecule has 0 bridgehead atoms. The molecule has 0 aliphatic heterocycles. The summed E-state index contributed by atoms with van der Waals surface area (Å²) in [4.78, 5) is 17.3. The lowest BCUT2D eigenvalue weighted by molar-refractivity contribution is 0.0697. The molecule has 0 unspecified atom stereocenters. The van der Waals surface area contributed by atoms with E-state index in [-0.39, 0.29) is 5.56 Å².